The Morgan fingerprint density at radius 1 is 1.00 bits per heavy atom. The van der Waals surface area contributed by atoms with Crippen LogP contribution in [0.15, 0.2) is 43.0 Å². The molecule has 5 nitrogen and oxygen atoms in total. The van der Waals surface area contributed by atoms with E-state index in [2.05, 4.69) is 31.3 Å². The highest BCUT2D eigenvalue weighted by Gasteiger charge is 2.22. The summed E-state index contributed by atoms with van der Waals surface area (Å²) in [5, 5.41) is 3.50. The topological polar surface area (TPSA) is 63.6 Å². The minimum absolute atomic E-state index is 0.190. The maximum atomic E-state index is 4.55. The Bertz CT molecular complexity index is 781. The van der Waals surface area contributed by atoms with Crippen LogP contribution in [-0.4, -0.2) is 19.9 Å². The summed E-state index contributed by atoms with van der Waals surface area (Å²) in [5.74, 6) is 0.782. The van der Waals surface area contributed by atoms with Gasteiger partial charge in [0.1, 0.15) is 11.8 Å². The average molecular weight is 277 g/mol. The molecule has 0 saturated carbocycles. The van der Waals surface area contributed by atoms with Crippen molar-refractivity contribution in [3.63, 3.8) is 0 Å². The van der Waals surface area contributed by atoms with E-state index in [-0.39, 0.29) is 6.04 Å². The number of pyridine rings is 2. The molecule has 0 bridgehead atoms. The van der Waals surface area contributed by atoms with Crippen LogP contribution in [0.4, 0.5) is 5.82 Å². The molecule has 1 unspecified atom stereocenters. The minimum atomic E-state index is 0.190. The van der Waals surface area contributed by atoms with Crippen LogP contribution in [0.1, 0.15) is 30.1 Å². The number of hydrogen-bond acceptors (Lipinski definition) is 5. The Hall–Kier alpha value is -2.56. The minimum Gasteiger partial charge on any atom is -0.360 e. The number of aryl methyl sites for hydroxylation is 1. The Kier molecular flexibility index (Phi) is 2.96. The first-order valence-electron chi connectivity index (χ1n) is 7.18. The monoisotopic (exact) mass is 277 g/mol. The zero-order chi connectivity index (χ0) is 14.1. The molecule has 5 heteroatoms. The van der Waals surface area contributed by atoms with Crippen molar-refractivity contribution in [2.24, 2.45) is 0 Å². The number of fused-ring (bicyclic) bond motifs is 2. The smallest absolute Gasteiger partial charge is 0.156 e. The molecule has 1 aliphatic rings. The Morgan fingerprint density at radius 3 is 2.90 bits per heavy atom. The van der Waals surface area contributed by atoms with Gasteiger partial charge in [0.25, 0.3) is 0 Å². The first-order chi connectivity index (χ1) is 10.4. The predicted molar refractivity (Wildman–Crippen MR) is 80.9 cm³/mol. The zero-order valence-electron chi connectivity index (χ0n) is 11.5. The van der Waals surface area contributed by atoms with Gasteiger partial charge in [-0.25, -0.2) is 9.97 Å². The second-order valence-corrected chi connectivity index (χ2v) is 5.23. The molecule has 0 saturated heterocycles. The molecule has 1 atom stereocenters. The van der Waals surface area contributed by atoms with Gasteiger partial charge in [0.2, 0.25) is 0 Å². The van der Waals surface area contributed by atoms with Crippen LogP contribution in [0, 0.1) is 0 Å². The standard InChI is InChI=1S/C16H15N5/c1-4-11-5-2-8-17-14(11)13(6-1)21-16-15-12(19-10-20-16)7-3-9-18-15/h2-3,5,7-10,13H,1,4,6H2,(H,19,20,21). The summed E-state index contributed by atoms with van der Waals surface area (Å²) in [5.41, 5.74) is 4.12. The molecule has 4 rings (SSSR count). The van der Waals surface area contributed by atoms with Crippen molar-refractivity contribution < 1.29 is 0 Å². The first kappa shape index (κ1) is 12.2. The summed E-state index contributed by atoms with van der Waals surface area (Å²) in [4.78, 5) is 17.6. The lowest BCUT2D eigenvalue weighted by Crippen LogP contribution is -2.19. The highest BCUT2D eigenvalue weighted by molar-refractivity contribution is 5.84. The van der Waals surface area contributed by atoms with E-state index in [0.717, 1.165) is 41.8 Å². The van der Waals surface area contributed by atoms with E-state index in [1.807, 2.05) is 24.4 Å². The zero-order valence-corrected chi connectivity index (χ0v) is 11.5. The molecule has 3 aromatic heterocycles. The molecule has 0 aliphatic heterocycles. The number of nitrogens with zero attached hydrogens (tertiary/aromatic N) is 4. The summed E-state index contributed by atoms with van der Waals surface area (Å²) in [6.45, 7) is 0. The molecule has 21 heavy (non-hydrogen) atoms. The molecule has 3 heterocycles. The lowest BCUT2D eigenvalue weighted by atomic mass is 9.92. The van der Waals surface area contributed by atoms with E-state index >= 15 is 0 Å². The number of anilines is 1. The number of aromatic nitrogens is 4. The maximum Gasteiger partial charge on any atom is 0.156 e. The molecule has 1 N–H and O–H groups in total. The van der Waals surface area contributed by atoms with Gasteiger partial charge in [-0.3, -0.25) is 9.97 Å². The number of nitrogens with one attached hydrogen (secondary N) is 1. The first-order valence-corrected chi connectivity index (χ1v) is 7.18. The maximum absolute atomic E-state index is 4.55. The molecule has 0 spiro atoms. The normalized spacial score (nSPS) is 17.4. The molecular formula is C16H15N5. The largest absolute Gasteiger partial charge is 0.360 e. The number of hydrogen-bond donors (Lipinski definition) is 1. The van der Waals surface area contributed by atoms with Crippen LogP contribution >= 0.6 is 0 Å². The highest BCUT2D eigenvalue weighted by atomic mass is 15.1. The van der Waals surface area contributed by atoms with Crippen LogP contribution in [0.2, 0.25) is 0 Å². The molecule has 0 aromatic carbocycles. The van der Waals surface area contributed by atoms with Crippen LogP contribution < -0.4 is 5.32 Å². The van der Waals surface area contributed by atoms with Gasteiger partial charge in [0, 0.05) is 12.4 Å². The van der Waals surface area contributed by atoms with Gasteiger partial charge in [0.15, 0.2) is 5.82 Å². The lowest BCUT2D eigenvalue weighted by molar-refractivity contribution is 0.582. The predicted octanol–water partition coefficient (Wildman–Crippen LogP) is 2.91. The van der Waals surface area contributed by atoms with Crippen molar-refractivity contribution in [1.29, 1.82) is 0 Å². The Labute approximate surface area is 122 Å². The molecule has 0 radical (unpaired) electrons. The summed E-state index contributed by atoms with van der Waals surface area (Å²) in [6.07, 6.45) is 8.52. The van der Waals surface area contributed by atoms with Crippen molar-refractivity contribution in [3.05, 3.63) is 54.2 Å². The lowest BCUT2D eigenvalue weighted by Gasteiger charge is -2.25. The highest BCUT2D eigenvalue weighted by Crippen LogP contribution is 2.31. The molecule has 1 aliphatic carbocycles. The van der Waals surface area contributed by atoms with E-state index in [9.17, 15) is 0 Å². The third-order valence-corrected chi connectivity index (χ3v) is 3.90. The Morgan fingerprint density at radius 2 is 1.90 bits per heavy atom. The van der Waals surface area contributed by atoms with Gasteiger partial charge < -0.3 is 5.32 Å². The van der Waals surface area contributed by atoms with Crippen LogP contribution in [-0.2, 0) is 6.42 Å². The van der Waals surface area contributed by atoms with Gasteiger partial charge in [-0.2, -0.15) is 0 Å². The molecular weight excluding hydrogens is 262 g/mol. The second kappa shape index (κ2) is 5.09. The van der Waals surface area contributed by atoms with E-state index < -0.39 is 0 Å². The molecule has 0 amide bonds. The fourth-order valence-electron chi connectivity index (χ4n) is 2.91. The molecule has 3 aromatic rings. The van der Waals surface area contributed by atoms with Gasteiger partial charge >= 0.3 is 0 Å². The molecule has 104 valence electrons. The fraction of sp³-hybridized carbons (Fsp3) is 0.250. The van der Waals surface area contributed by atoms with E-state index in [4.69, 9.17) is 0 Å². The molecule has 0 fully saturated rings. The van der Waals surface area contributed by atoms with Crippen LogP contribution in [0.3, 0.4) is 0 Å². The average Bonchev–Trinajstić information content (AvgIpc) is 2.56. The summed E-state index contributed by atoms with van der Waals surface area (Å²) in [7, 11) is 0. The fourth-order valence-corrected chi connectivity index (χ4v) is 2.91. The summed E-state index contributed by atoms with van der Waals surface area (Å²) in [6, 6.07) is 8.18. The summed E-state index contributed by atoms with van der Waals surface area (Å²) < 4.78 is 0. The van der Waals surface area contributed by atoms with Crippen LogP contribution in [0.5, 0.6) is 0 Å². The number of rotatable bonds is 2. The quantitative estimate of drug-likeness (QED) is 0.780. The van der Waals surface area contributed by atoms with Gasteiger partial charge in [0.05, 0.1) is 17.3 Å². The third-order valence-electron chi connectivity index (χ3n) is 3.90. The van der Waals surface area contributed by atoms with Gasteiger partial charge in [-0.05, 0) is 43.0 Å². The Balaban J connectivity index is 1.73. The van der Waals surface area contributed by atoms with Crippen molar-refractivity contribution in [2.45, 2.75) is 25.3 Å². The third kappa shape index (κ3) is 2.20. The van der Waals surface area contributed by atoms with E-state index in [1.54, 1.807) is 12.5 Å². The summed E-state index contributed by atoms with van der Waals surface area (Å²) >= 11 is 0. The van der Waals surface area contributed by atoms with Crippen molar-refractivity contribution >= 4 is 16.9 Å². The van der Waals surface area contributed by atoms with E-state index in [0.29, 0.717) is 0 Å². The van der Waals surface area contributed by atoms with Gasteiger partial charge in [-0.1, -0.05) is 6.07 Å². The van der Waals surface area contributed by atoms with Crippen molar-refractivity contribution in [3.8, 4) is 0 Å². The second-order valence-electron chi connectivity index (χ2n) is 5.23. The van der Waals surface area contributed by atoms with Gasteiger partial charge in [-0.15, -0.1) is 0 Å². The SMILES string of the molecule is c1cnc2c(c1)CCCC2Nc1ncnc2cccnc12. The van der Waals surface area contributed by atoms with Crippen LogP contribution in [0.25, 0.3) is 11.0 Å². The van der Waals surface area contributed by atoms with Crippen molar-refractivity contribution in [2.75, 3.05) is 5.32 Å². The van der Waals surface area contributed by atoms with Crippen molar-refractivity contribution in [1.82, 2.24) is 19.9 Å². The van der Waals surface area contributed by atoms with E-state index in [1.165, 1.54) is 5.56 Å².